The Balaban J connectivity index is 1.52. The third kappa shape index (κ3) is 4.12. The molecule has 0 aliphatic heterocycles. The number of aryl methyl sites for hydroxylation is 1. The third-order valence-corrected chi connectivity index (χ3v) is 3.92. The van der Waals surface area contributed by atoms with Gasteiger partial charge < -0.3 is 18.6 Å². The molecule has 0 N–H and O–H groups in total. The summed E-state index contributed by atoms with van der Waals surface area (Å²) in [5, 5.41) is 0.999. The third-order valence-electron chi connectivity index (χ3n) is 3.92. The largest absolute Gasteiger partial charge is 0.493 e. The van der Waals surface area contributed by atoms with E-state index in [1.54, 1.807) is 14.2 Å². The van der Waals surface area contributed by atoms with Crippen LogP contribution in [0.2, 0.25) is 0 Å². The van der Waals surface area contributed by atoms with E-state index in [0.29, 0.717) is 23.7 Å². The maximum Gasteiger partial charge on any atom is 0.306 e. The van der Waals surface area contributed by atoms with E-state index in [1.165, 1.54) is 0 Å². The number of para-hydroxylation sites is 1. The van der Waals surface area contributed by atoms with Crippen LogP contribution in [0.15, 0.2) is 52.9 Å². The van der Waals surface area contributed by atoms with E-state index in [0.717, 1.165) is 16.5 Å². The van der Waals surface area contributed by atoms with Gasteiger partial charge in [-0.05, 0) is 36.2 Å². The molecular formula is C20H20O5. The second kappa shape index (κ2) is 7.75. The molecule has 0 amide bonds. The summed E-state index contributed by atoms with van der Waals surface area (Å²) in [5.41, 5.74) is 1.78. The Labute approximate surface area is 146 Å². The van der Waals surface area contributed by atoms with Gasteiger partial charge in [-0.15, -0.1) is 0 Å². The molecule has 3 rings (SSSR count). The first kappa shape index (κ1) is 16.9. The summed E-state index contributed by atoms with van der Waals surface area (Å²) in [6.45, 7) is 0.138. The molecule has 0 saturated heterocycles. The molecule has 0 atom stereocenters. The Bertz CT molecular complexity index is 832. The van der Waals surface area contributed by atoms with Gasteiger partial charge in [0.15, 0.2) is 11.5 Å². The highest BCUT2D eigenvalue weighted by molar-refractivity contribution is 5.77. The Morgan fingerprint density at radius 2 is 1.80 bits per heavy atom. The number of fused-ring (bicyclic) bond motifs is 1. The zero-order valence-corrected chi connectivity index (χ0v) is 14.3. The minimum Gasteiger partial charge on any atom is -0.493 e. The molecule has 1 heterocycles. The number of carbonyl (C=O) groups is 1. The monoisotopic (exact) mass is 340 g/mol. The van der Waals surface area contributed by atoms with Crippen LogP contribution in [-0.2, 0) is 22.6 Å². The number of hydrogen-bond donors (Lipinski definition) is 0. The van der Waals surface area contributed by atoms with Crippen LogP contribution in [0.3, 0.4) is 0 Å². The van der Waals surface area contributed by atoms with Crippen molar-refractivity contribution in [2.24, 2.45) is 0 Å². The predicted octanol–water partition coefficient (Wildman–Crippen LogP) is 4.13. The lowest BCUT2D eigenvalue weighted by molar-refractivity contribution is -0.145. The molecule has 3 aromatic rings. The van der Waals surface area contributed by atoms with E-state index in [-0.39, 0.29) is 19.0 Å². The van der Waals surface area contributed by atoms with Crippen molar-refractivity contribution in [1.29, 1.82) is 0 Å². The molecule has 5 nitrogen and oxygen atoms in total. The first-order chi connectivity index (χ1) is 12.2. The molecule has 0 saturated carbocycles. The van der Waals surface area contributed by atoms with Crippen molar-refractivity contribution in [3.05, 3.63) is 59.9 Å². The van der Waals surface area contributed by atoms with Gasteiger partial charge in [-0.1, -0.05) is 24.3 Å². The molecule has 0 spiro atoms. The van der Waals surface area contributed by atoms with E-state index in [2.05, 4.69) is 0 Å². The second-order valence-corrected chi connectivity index (χ2v) is 5.60. The Hall–Kier alpha value is -2.95. The van der Waals surface area contributed by atoms with Crippen LogP contribution in [0, 0.1) is 0 Å². The van der Waals surface area contributed by atoms with Gasteiger partial charge in [0.2, 0.25) is 0 Å². The van der Waals surface area contributed by atoms with E-state index in [4.69, 9.17) is 18.6 Å². The molecule has 130 valence electrons. The summed E-state index contributed by atoms with van der Waals surface area (Å²) in [5.74, 6) is 1.69. The van der Waals surface area contributed by atoms with Crippen LogP contribution in [0.5, 0.6) is 11.5 Å². The van der Waals surface area contributed by atoms with E-state index in [9.17, 15) is 4.79 Å². The zero-order valence-electron chi connectivity index (χ0n) is 14.3. The molecule has 0 radical (unpaired) electrons. The smallest absolute Gasteiger partial charge is 0.306 e. The second-order valence-electron chi connectivity index (χ2n) is 5.60. The molecule has 2 aromatic carbocycles. The van der Waals surface area contributed by atoms with Crippen LogP contribution < -0.4 is 9.47 Å². The average molecular weight is 340 g/mol. The summed E-state index contributed by atoms with van der Waals surface area (Å²) >= 11 is 0. The van der Waals surface area contributed by atoms with Gasteiger partial charge in [-0.3, -0.25) is 4.79 Å². The lowest BCUT2D eigenvalue weighted by Gasteiger charge is -2.09. The summed E-state index contributed by atoms with van der Waals surface area (Å²) in [4.78, 5) is 12.0. The minimum atomic E-state index is -0.268. The fraction of sp³-hybridized carbons (Fsp3) is 0.250. The Morgan fingerprint density at radius 1 is 1.00 bits per heavy atom. The number of carbonyl (C=O) groups excluding carboxylic acids is 1. The number of rotatable bonds is 7. The van der Waals surface area contributed by atoms with Crippen molar-refractivity contribution in [2.45, 2.75) is 19.4 Å². The number of furan rings is 1. The van der Waals surface area contributed by atoms with E-state index >= 15 is 0 Å². The van der Waals surface area contributed by atoms with E-state index in [1.807, 2.05) is 48.5 Å². The number of hydrogen-bond acceptors (Lipinski definition) is 5. The SMILES string of the molecule is COc1ccc(CCC(=O)OCc2cc3ccccc3o2)cc1OC. The van der Waals surface area contributed by atoms with Crippen LogP contribution in [0.4, 0.5) is 0 Å². The molecule has 0 aliphatic carbocycles. The van der Waals surface area contributed by atoms with Crippen molar-refractivity contribution < 1.29 is 23.4 Å². The van der Waals surface area contributed by atoms with E-state index < -0.39 is 0 Å². The molecule has 0 fully saturated rings. The predicted molar refractivity (Wildman–Crippen MR) is 93.9 cm³/mol. The van der Waals surface area contributed by atoms with Crippen molar-refractivity contribution >= 4 is 16.9 Å². The van der Waals surface area contributed by atoms with Gasteiger partial charge >= 0.3 is 5.97 Å². The fourth-order valence-corrected chi connectivity index (χ4v) is 2.61. The van der Waals surface area contributed by atoms with Crippen molar-refractivity contribution in [2.75, 3.05) is 14.2 Å². The number of methoxy groups -OCH3 is 2. The van der Waals surface area contributed by atoms with Gasteiger partial charge in [0.05, 0.1) is 14.2 Å². The molecule has 0 aliphatic rings. The van der Waals surface area contributed by atoms with Gasteiger partial charge in [0, 0.05) is 11.8 Å². The number of esters is 1. The van der Waals surface area contributed by atoms with Gasteiger partial charge in [-0.2, -0.15) is 0 Å². The standard InChI is InChI=1S/C20H20O5/c1-22-18-9-7-14(11-19(18)23-2)8-10-20(21)24-13-16-12-15-5-3-4-6-17(15)25-16/h3-7,9,11-12H,8,10,13H2,1-2H3. The Kier molecular flexibility index (Phi) is 5.23. The quantitative estimate of drug-likeness (QED) is 0.605. The topological polar surface area (TPSA) is 57.9 Å². The molecule has 0 unspecified atom stereocenters. The molecule has 1 aromatic heterocycles. The van der Waals surface area contributed by atoms with Gasteiger partial charge in [0.1, 0.15) is 18.0 Å². The summed E-state index contributed by atoms with van der Waals surface area (Å²) < 4.78 is 21.4. The minimum absolute atomic E-state index is 0.138. The van der Waals surface area contributed by atoms with Gasteiger partial charge in [0.25, 0.3) is 0 Å². The van der Waals surface area contributed by atoms with Crippen molar-refractivity contribution in [3.8, 4) is 11.5 Å². The lowest BCUT2D eigenvalue weighted by atomic mass is 10.1. The van der Waals surface area contributed by atoms with Crippen molar-refractivity contribution in [3.63, 3.8) is 0 Å². The highest BCUT2D eigenvalue weighted by Gasteiger charge is 2.10. The normalized spacial score (nSPS) is 10.6. The van der Waals surface area contributed by atoms with Crippen LogP contribution in [0.1, 0.15) is 17.7 Å². The summed E-state index contributed by atoms with van der Waals surface area (Å²) in [7, 11) is 3.18. The highest BCUT2D eigenvalue weighted by atomic mass is 16.5. The Morgan fingerprint density at radius 3 is 2.56 bits per heavy atom. The summed E-state index contributed by atoms with van der Waals surface area (Å²) in [6.07, 6.45) is 0.856. The number of benzene rings is 2. The molecule has 5 heteroatoms. The fourth-order valence-electron chi connectivity index (χ4n) is 2.61. The maximum atomic E-state index is 12.0. The first-order valence-electron chi connectivity index (χ1n) is 8.03. The zero-order chi connectivity index (χ0) is 17.6. The average Bonchev–Trinajstić information content (AvgIpc) is 3.07. The van der Waals surface area contributed by atoms with Crippen LogP contribution in [-0.4, -0.2) is 20.2 Å². The summed E-state index contributed by atoms with van der Waals surface area (Å²) in [6, 6.07) is 15.2. The van der Waals surface area contributed by atoms with Crippen LogP contribution in [0.25, 0.3) is 11.0 Å². The van der Waals surface area contributed by atoms with Crippen LogP contribution >= 0.6 is 0 Å². The molecular weight excluding hydrogens is 320 g/mol. The highest BCUT2D eigenvalue weighted by Crippen LogP contribution is 2.28. The molecule has 0 bridgehead atoms. The van der Waals surface area contributed by atoms with Gasteiger partial charge in [-0.25, -0.2) is 0 Å². The first-order valence-corrected chi connectivity index (χ1v) is 8.03. The maximum absolute atomic E-state index is 12.0. The number of ether oxygens (including phenoxy) is 3. The van der Waals surface area contributed by atoms with Crippen molar-refractivity contribution in [1.82, 2.24) is 0 Å². The molecule has 25 heavy (non-hydrogen) atoms. The lowest BCUT2D eigenvalue weighted by Crippen LogP contribution is -2.05.